The maximum absolute atomic E-state index is 3.57. The highest BCUT2D eigenvalue weighted by molar-refractivity contribution is 4.71. The highest BCUT2D eigenvalue weighted by atomic mass is 15.1. The second-order valence-electron chi connectivity index (χ2n) is 6.27. The van der Waals surface area contributed by atoms with Gasteiger partial charge in [0.2, 0.25) is 0 Å². The van der Waals surface area contributed by atoms with E-state index in [4.69, 9.17) is 0 Å². The monoisotopic (exact) mass is 212 g/mol. The molecule has 0 spiro atoms. The molecule has 1 aliphatic rings. The number of piperidine rings is 1. The molecule has 1 rings (SSSR count). The second kappa shape index (κ2) is 5.86. The summed E-state index contributed by atoms with van der Waals surface area (Å²) >= 11 is 0. The number of nitrogens with one attached hydrogen (secondary N) is 1. The first-order valence-corrected chi connectivity index (χ1v) is 6.37. The zero-order valence-corrected chi connectivity index (χ0v) is 11.0. The van der Waals surface area contributed by atoms with Gasteiger partial charge in [-0.2, -0.15) is 0 Å². The Morgan fingerprint density at radius 2 is 1.80 bits per heavy atom. The van der Waals surface area contributed by atoms with E-state index in [1.165, 1.54) is 38.9 Å². The lowest BCUT2D eigenvalue weighted by Gasteiger charge is -2.29. The predicted molar refractivity (Wildman–Crippen MR) is 67.2 cm³/mol. The normalized spacial score (nSPS) is 20.8. The maximum atomic E-state index is 3.57. The molecule has 0 radical (unpaired) electrons. The van der Waals surface area contributed by atoms with Crippen LogP contribution in [0.25, 0.3) is 0 Å². The van der Waals surface area contributed by atoms with Gasteiger partial charge in [-0.3, -0.25) is 0 Å². The van der Waals surface area contributed by atoms with Gasteiger partial charge in [0.1, 0.15) is 0 Å². The Morgan fingerprint density at radius 3 is 2.33 bits per heavy atom. The van der Waals surface area contributed by atoms with Crippen molar-refractivity contribution >= 4 is 0 Å². The first kappa shape index (κ1) is 13.0. The van der Waals surface area contributed by atoms with Crippen LogP contribution in [0, 0.1) is 11.3 Å². The van der Waals surface area contributed by atoms with E-state index in [1.54, 1.807) is 0 Å². The van der Waals surface area contributed by atoms with Crippen LogP contribution in [0.4, 0.5) is 0 Å². The van der Waals surface area contributed by atoms with Crippen molar-refractivity contribution in [1.29, 1.82) is 0 Å². The summed E-state index contributed by atoms with van der Waals surface area (Å²) in [4.78, 5) is 2.44. The minimum absolute atomic E-state index is 0.423. The van der Waals surface area contributed by atoms with E-state index in [9.17, 15) is 0 Å². The van der Waals surface area contributed by atoms with Crippen molar-refractivity contribution in [3.63, 3.8) is 0 Å². The van der Waals surface area contributed by atoms with Crippen LogP contribution in [0.1, 0.15) is 40.0 Å². The predicted octanol–water partition coefficient (Wildman–Crippen LogP) is 2.35. The number of nitrogens with zero attached hydrogens (tertiary/aromatic N) is 1. The van der Waals surface area contributed by atoms with Gasteiger partial charge in [0.15, 0.2) is 0 Å². The summed E-state index contributed by atoms with van der Waals surface area (Å²) in [6.07, 6.45) is 4.16. The second-order valence-corrected chi connectivity index (χ2v) is 6.27. The van der Waals surface area contributed by atoms with Crippen molar-refractivity contribution in [2.45, 2.75) is 40.0 Å². The van der Waals surface area contributed by atoms with E-state index in [-0.39, 0.29) is 0 Å². The van der Waals surface area contributed by atoms with Crippen LogP contribution in [0.3, 0.4) is 0 Å². The summed E-state index contributed by atoms with van der Waals surface area (Å²) in [5.41, 5.74) is 0.423. The van der Waals surface area contributed by atoms with Crippen LogP contribution in [0.2, 0.25) is 0 Å². The van der Waals surface area contributed by atoms with Crippen molar-refractivity contribution in [3.05, 3.63) is 0 Å². The van der Waals surface area contributed by atoms with Gasteiger partial charge in [-0.05, 0) is 63.8 Å². The summed E-state index contributed by atoms with van der Waals surface area (Å²) in [5.74, 6) is 0.966. The molecule has 2 heteroatoms. The number of likely N-dealkylation sites (tertiary alicyclic amines) is 1. The third-order valence-electron chi connectivity index (χ3n) is 3.22. The number of hydrogen-bond donors (Lipinski definition) is 1. The molecule has 1 heterocycles. The zero-order valence-electron chi connectivity index (χ0n) is 11.0. The Hall–Kier alpha value is -0.0800. The van der Waals surface area contributed by atoms with Crippen molar-refractivity contribution < 1.29 is 0 Å². The lowest BCUT2D eigenvalue weighted by Crippen LogP contribution is -2.33. The molecule has 0 saturated carbocycles. The molecule has 0 amide bonds. The van der Waals surface area contributed by atoms with E-state index in [0.29, 0.717) is 5.41 Å². The van der Waals surface area contributed by atoms with Crippen LogP contribution >= 0.6 is 0 Å². The third-order valence-corrected chi connectivity index (χ3v) is 3.22. The fourth-order valence-corrected chi connectivity index (χ4v) is 2.12. The van der Waals surface area contributed by atoms with Gasteiger partial charge < -0.3 is 10.2 Å². The Balaban J connectivity index is 2.01. The summed E-state index contributed by atoms with van der Waals surface area (Å²) in [6, 6.07) is 0. The fourth-order valence-electron chi connectivity index (χ4n) is 2.12. The Kier molecular flexibility index (Phi) is 5.07. The summed E-state index contributed by atoms with van der Waals surface area (Å²) in [6.45, 7) is 11.8. The SMILES string of the molecule is CN1CCC(CCNCC(C)(C)C)CC1. The van der Waals surface area contributed by atoms with Crippen LogP contribution in [0.5, 0.6) is 0 Å². The topological polar surface area (TPSA) is 15.3 Å². The van der Waals surface area contributed by atoms with Crippen molar-refractivity contribution in [2.75, 3.05) is 33.2 Å². The molecule has 0 atom stereocenters. The first-order chi connectivity index (χ1) is 6.97. The molecule has 1 aliphatic heterocycles. The van der Waals surface area contributed by atoms with Gasteiger partial charge in [0, 0.05) is 0 Å². The molecule has 0 aromatic rings. The highest BCUT2D eigenvalue weighted by Crippen LogP contribution is 2.19. The molecule has 90 valence electrons. The summed E-state index contributed by atoms with van der Waals surface area (Å²) in [7, 11) is 2.23. The minimum atomic E-state index is 0.423. The van der Waals surface area contributed by atoms with Crippen LogP contribution in [-0.2, 0) is 0 Å². The molecule has 15 heavy (non-hydrogen) atoms. The number of hydrogen-bond acceptors (Lipinski definition) is 2. The van der Waals surface area contributed by atoms with Crippen LogP contribution in [0.15, 0.2) is 0 Å². The Morgan fingerprint density at radius 1 is 1.20 bits per heavy atom. The van der Waals surface area contributed by atoms with Crippen molar-refractivity contribution in [2.24, 2.45) is 11.3 Å². The van der Waals surface area contributed by atoms with E-state index in [1.807, 2.05) is 0 Å². The van der Waals surface area contributed by atoms with Gasteiger partial charge in [0.05, 0.1) is 0 Å². The minimum Gasteiger partial charge on any atom is -0.316 e. The first-order valence-electron chi connectivity index (χ1n) is 6.37. The van der Waals surface area contributed by atoms with Crippen molar-refractivity contribution in [1.82, 2.24) is 10.2 Å². The van der Waals surface area contributed by atoms with Crippen LogP contribution in [-0.4, -0.2) is 38.1 Å². The van der Waals surface area contributed by atoms with E-state index >= 15 is 0 Å². The molecule has 0 bridgehead atoms. The average Bonchev–Trinajstić information content (AvgIpc) is 2.14. The number of rotatable bonds is 4. The average molecular weight is 212 g/mol. The zero-order chi connectivity index (χ0) is 11.3. The smallest absolute Gasteiger partial charge is 0.0000124 e. The molecule has 0 unspecified atom stereocenters. The standard InChI is InChI=1S/C13H28N2/c1-13(2,3)11-14-8-5-12-6-9-15(4)10-7-12/h12,14H,5-11H2,1-4H3. The molecule has 0 aromatic heterocycles. The molecular weight excluding hydrogens is 184 g/mol. The lowest BCUT2D eigenvalue weighted by molar-refractivity contribution is 0.210. The van der Waals surface area contributed by atoms with E-state index in [2.05, 4.69) is 38.0 Å². The molecule has 1 saturated heterocycles. The lowest BCUT2D eigenvalue weighted by atomic mass is 9.93. The quantitative estimate of drug-likeness (QED) is 0.720. The fraction of sp³-hybridized carbons (Fsp3) is 1.00. The summed E-state index contributed by atoms with van der Waals surface area (Å²) in [5, 5.41) is 3.57. The van der Waals surface area contributed by atoms with Gasteiger partial charge in [-0.1, -0.05) is 20.8 Å². The highest BCUT2D eigenvalue weighted by Gasteiger charge is 2.16. The van der Waals surface area contributed by atoms with E-state index in [0.717, 1.165) is 12.5 Å². The maximum Gasteiger partial charge on any atom is -0.0000124 e. The van der Waals surface area contributed by atoms with Gasteiger partial charge in [0.25, 0.3) is 0 Å². The molecule has 1 N–H and O–H groups in total. The molecule has 2 nitrogen and oxygen atoms in total. The van der Waals surface area contributed by atoms with Gasteiger partial charge >= 0.3 is 0 Å². The summed E-state index contributed by atoms with van der Waals surface area (Å²) < 4.78 is 0. The Bertz CT molecular complexity index is 164. The molecular formula is C13H28N2. The molecule has 0 aliphatic carbocycles. The molecule has 0 aromatic carbocycles. The Labute approximate surface area is 95.4 Å². The third kappa shape index (κ3) is 6.16. The van der Waals surface area contributed by atoms with Gasteiger partial charge in [-0.25, -0.2) is 0 Å². The van der Waals surface area contributed by atoms with Gasteiger partial charge in [-0.15, -0.1) is 0 Å². The largest absolute Gasteiger partial charge is 0.316 e. The van der Waals surface area contributed by atoms with Crippen molar-refractivity contribution in [3.8, 4) is 0 Å². The van der Waals surface area contributed by atoms with E-state index < -0.39 is 0 Å². The molecule has 1 fully saturated rings. The van der Waals surface area contributed by atoms with Crippen LogP contribution < -0.4 is 5.32 Å².